The second kappa shape index (κ2) is 6.33. The third-order valence-electron chi connectivity index (χ3n) is 2.62. The van der Waals surface area contributed by atoms with E-state index in [1.807, 2.05) is 0 Å². The highest BCUT2D eigenvalue weighted by molar-refractivity contribution is 6.31. The van der Waals surface area contributed by atoms with Gasteiger partial charge in [0.25, 0.3) is 11.6 Å². The van der Waals surface area contributed by atoms with Crippen LogP contribution in [0.3, 0.4) is 0 Å². The van der Waals surface area contributed by atoms with Crippen molar-refractivity contribution in [3.8, 4) is 0 Å². The summed E-state index contributed by atoms with van der Waals surface area (Å²) in [5, 5.41) is 22.3. The average molecular weight is 301 g/mol. The summed E-state index contributed by atoms with van der Waals surface area (Å²) in [6, 6.07) is 2.38. The van der Waals surface area contributed by atoms with Crippen molar-refractivity contribution < 1.29 is 19.6 Å². The van der Waals surface area contributed by atoms with Crippen molar-refractivity contribution in [2.24, 2.45) is 5.92 Å². The normalized spacial score (nSPS) is 12.0. The lowest BCUT2D eigenvalue weighted by atomic mass is 10.0. The molecular weight excluding hydrogens is 288 g/mol. The van der Waals surface area contributed by atoms with E-state index in [1.165, 1.54) is 6.07 Å². The van der Waals surface area contributed by atoms with E-state index >= 15 is 0 Å². The monoisotopic (exact) mass is 300 g/mol. The van der Waals surface area contributed by atoms with Crippen molar-refractivity contribution in [3.05, 3.63) is 38.9 Å². The molecule has 2 N–H and O–H groups in total. The lowest BCUT2D eigenvalue weighted by molar-refractivity contribution is -0.385. The molecule has 7 nitrogen and oxygen atoms in total. The van der Waals surface area contributed by atoms with E-state index < -0.39 is 28.5 Å². The summed E-state index contributed by atoms with van der Waals surface area (Å²) in [5.74, 6) is -2.42. The minimum Gasteiger partial charge on any atom is -0.480 e. The molecule has 1 rings (SSSR count). The number of carboxylic acids is 1. The molecular formula is C12H13ClN2O5. The van der Waals surface area contributed by atoms with Gasteiger partial charge in [0.2, 0.25) is 0 Å². The van der Waals surface area contributed by atoms with E-state index in [9.17, 15) is 19.7 Å². The summed E-state index contributed by atoms with van der Waals surface area (Å²) >= 11 is 5.71. The summed E-state index contributed by atoms with van der Waals surface area (Å²) < 4.78 is 0. The molecule has 0 saturated heterocycles. The number of carbonyl (C=O) groups excluding carboxylic acids is 1. The number of nitro benzene ring substituents is 1. The van der Waals surface area contributed by atoms with E-state index in [2.05, 4.69) is 5.32 Å². The molecule has 0 aromatic heterocycles. The molecule has 0 spiro atoms. The van der Waals surface area contributed by atoms with Gasteiger partial charge < -0.3 is 10.4 Å². The molecule has 0 aliphatic carbocycles. The van der Waals surface area contributed by atoms with Gasteiger partial charge in [-0.2, -0.15) is 0 Å². The van der Waals surface area contributed by atoms with Crippen LogP contribution in [0.2, 0.25) is 5.02 Å². The molecule has 1 amide bonds. The first kappa shape index (κ1) is 15.9. The van der Waals surface area contributed by atoms with Gasteiger partial charge in [0.15, 0.2) is 0 Å². The molecule has 0 heterocycles. The number of halogens is 1. The Hall–Kier alpha value is -2.15. The lowest BCUT2D eigenvalue weighted by Gasteiger charge is -2.17. The molecule has 1 atom stereocenters. The number of nitrogens with zero attached hydrogens (tertiary/aromatic N) is 1. The van der Waals surface area contributed by atoms with Gasteiger partial charge in [0.1, 0.15) is 11.6 Å². The van der Waals surface area contributed by atoms with Crippen LogP contribution in [0.15, 0.2) is 18.2 Å². The maximum Gasteiger partial charge on any atom is 0.326 e. The Morgan fingerprint density at radius 3 is 2.45 bits per heavy atom. The SMILES string of the molecule is CC(C)C(NC(=O)c1cc(Cl)ccc1[N+](=O)[O-])C(=O)O. The third-order valence-corrected chi connectivity index (χ3v) is 2.85. The van der Waals surface area contributed by atoms with Crippen LogP contribution in [0.4, 0.5) is 5.69 Å². The molecule has 1 unspecified atom stereocenters. The molecule has 0 aliphatic heterocycles. The molecule has 8 heteroatoms. The molecule has 108 valence electrons. The van der Waals surface area contributed by atoms with Crippen LogP contribution >= 0.6 is 11.6 Å². The second-order valence-electron chi connectivity index (χ2n) is 4.45. The largest absolute Gasteiger partial charge is 0.480 e. The molecule has 0 saturated carbocycles. The molecule has 20 heavy (non-hydrogen) atoms. The van der Waals surface area contributed by atoms with E-state index in [0.717, 1.165) is 12.1 Å². The van der Waals surface area contributed by atoms with Gasteiger partial charge in [-0.3, -0.25) is 14.9 Å². The summed E-state index contributed by atoms with van der Waals surface area (Å²) in [7, 11) is 0. The maximum absolute atomic E-state index is 12.0. The number of benzene rings is 1. The standard InChI is InChI=1S/C12H13ClN2O5/c1-6(2)10(12(17)18)14-11(16)8-5-7(13)3-4-9(8)15(19)20/h3-6,10H,1-2H3,(H,14,16)(H,17,18). The highest BCUT2D eigenvalue weighted by atomic mass is 35.5. The zero-order valence-corrected chi connectivity index (χ0v) is 11.5. The number of hydrogen-bond acceptors (Lipinski definition) is 4. The van der Waals surface area contributed by atoms with Crippen LogP contribution in [-0.4, -0.2) is 27.9 Å². The number of aliphatic carboxylic acids is 1. The molecule has 0 bridgehead atoms. The topological polar surface area (TPSA) is 110 Å². The quantitative estimate of drug-likeness (QED) is 0.639. The molecule has 0 radical (unpaired) electrons. The van der Waals surface area contributed by atoms with Crippen LogP contribution in [-0.2, 0) is 4.79 Å². The molecule has 0 fully saturated rings. The van der Waals surface area contributed by atoms with Crippen molar-refractivity contribution in [1.29, 1.82) is 0 Å². The summed E-state index contributed by atoms with van der Waals surface area (Å²) in [4.78, 5) is 33.2. The number of carboxylic acid groups (broad SMARTS) is 1. The van der Waals surface area contributed by atoms with Gasteiger partial charge in [-0.15, -0.1) is 0 Å². The van der Waals surface area contributed by atoms with E-state index in [0.29, 0.717) is 0 Å². The van der Waals surface area contributed by atoms with E-state index in [1.54, 1.807) is 13.8 Å². The van der Waals surface area contributed by atoms with E-state index in [-0.39, 0.29) is 16.5 Å². The summed E-state index contributed by atoms with van der Waals surface area (Å²) in [5.41, 5.74) is -0.700. The Morgan fingerprint density at radius 1 is 1.40 bits per heavy atom. The fraction of sp³-hybridized carbons (Fsp3) is 0.333. The predicted octanol–water partition coefficient (Wildman–Crippen LogP) is 2.09. The lowest BCUT2D eigenvalue weighted by Crippen LogP contribution is -2.44. The van der Waals surface area contributed by atoms with Crippen LogP contribution in [0.5, 0.6) is 0 Å². The van der Waals surface area contributed by atoms with Gasteiger partial charge in [-0.05, 0) is 18.1 Å². The first-order valence-electron chi connectivity index (χ1n) is 5.71. The third kappa shape index (κ3) is 3.67. The Labute approximate surface area is 119 Å². The Kier molecular flexibility index (Phi) is 5.04. The minimum atomic E-state index is -1.21. The second-order valence-corrected chi connectivity index (χ2v) is 4.89. The highest BCUT2D eigenvalue weighted by Crippen LogP contribution is 2.23. The number of amides is 1. The minimum absolute atomic E-state index is 0.150. The first-order chi connectivity index (χ1) is 9.23. The number of nitro groups is 1. The van der Waals surface area contributed by atoms with Crippen molar-refractivity contribution in [2.45, 2.75) is 19.9 Å². The fourth-order valence-electron chi connectivity index (χ4n) is 1.58. The molecule has 0 aliphatic rings. The van der Waals surface area contributed by atoms with Gasteiger partial charge >= 0.3 is 5.97 Å². The maximum atomic E-state index is 12.0. The Morgan fingerprint density at radius 2 is 2.00 bits per heavy atom. The number of rotatable bonds is 5. The summed E-state index contributed by atoms with van der Waals surface area (Å²) in [6.45, 7) is 3.23. The number of carbonyl (C=O) groups is 2. The smallest absolute Gasteiger partial charge is 0.326 e. The molecule has 1 aromatic rings. The zero-order valence-electron chi connectivity index (χ0n) is 10.8. The fourth-order valence-corrected chi connectivity index (χ4v) is 1.75. The van der Waals surface area contributed by atoms with Crippen LogP contribution in [0, 0.1) is 16.0 Å². The summed E-state index contributed by atoms with van der Waals surface area (Å²) in [6.07, 6.45) is 0. The number of nitrogens with one attached hydrogen (secondary N) is 1. The Bertz CT molecular complexity index is 559. The van der Waals surface area contributed by atoms with Crippen LogP contribution in [0.25, 0.3) is 0 Å². The van der Waals surface area contributed by atoms with Crippen LogP contribution in [0.1, 0.15) is 24.2 Å². The van der Waals surface area contributed by atoms with Crippen molar-refractivity contribution in [2.75, 3.05) is 0 Å². The zero-order chi connectivity index (χ0) is 15.4. The first-order valence-corrected chi connectivity index (χ1v) is 6.09. The van der Waals surface area contributed by atoms with Gasteiger partial charge in [-0.1, -0.05) is 25.4 Å². The number of hydrogen-bond donors (Lipinski definition) is 2. The van der Waals surface area contributed by atoms with Gasteiger partial charge in [-0.25, -0.2) is 4.79 Å². The van der Waals surface area contributed by atoms with Crippen molar-refractivity contribution in [1.82, 2.24) is 5.32 Å². The van der Waals surface area contributed by atoms with Crippen LogP contribution < -0.4 is 5.32 Å². The highest BCUT2D eigenvalue weighted by Gasteiger charge is 2.27. The van der Waals surface area contributed by atoms with Gasteiger partial charge in [0.05, 0.1) is 4.92 Å². The predicted molar refractivity (Wildman–Crippen MR) is 71.8 cm³/mol. The molecule has 1 aromatic carbocycles. The van der Waals surface area contributed by atoms with Gasteiger partial charge in [0, 0.05) is 11.1 Å². The van der Waals surface area contributed by atoms with Crippen molar-refractivity contribution in [3.63, 3.8) is 0 Å². The van der Waals surface area contributed by atoms with E-state index in [4.69, 9.17) is 16.7 Å². The van der Waals surface area contributed by atoms with Crippen molar-refractivity contribution >= 4 is 29.2 Å². The average Bonchev–Trinajstić information content (AvgIpc) is 2.34. The Balaban J connectivity index is 3.11.